The fourth-order valence-corrected chi connectivity index (χ4v) is 1.69. The summed E-state index contributed by atoms with van der Waals surface area (Å²) in [6.45, 7) is 0. The van der Waals surface area contributed by atoms with Crippen LogP contribution in [0.1, 0.15) is 10.4 Å². The van der Waals surface area contributed by atoms with Gasteiger partial charge in [-0.1, -0.05) is 11.6 Å². The molecule has 0 aliphatic carbocycles. The lowest BCUT2D eigenvalue weighted by Gasteiger charge is -2.04. The molecule has 1 aromatic heterocycles. The molecule has 2 rings (SSSR count). The molecule has 2 aromatic rings. The molecule has 4 nitrogen and oxygen atoms in total. The first kappa shape index (κ1) is 10.6. The number of aromatic carboxylic acids is 1. The molecule has 82 valence electrons. The summed E-state index contributed by atoms with van der Waals surface area (Å²) in [5.74, 6) is -1.89. The Morgan fingerprint density at radius 3 is 2.75 bits per heavy atom. The molecule has 1 aromatic carbocycles. The number of aromatic amines is 1. The van der Waals surface area contributed by atoms with Gasteiger partial charge in [0.05, 0.1) is 11.1 Å². The molecule has 0 aliphatic rings. The molecule has 0 atom stereocenters. The summed E-state index contributed by atoms with van der Waals surface area (Å²) in [4.78, 5) is 24.5. The third kappa shape index (κ3) is 1.55. The van der Waals surface area contributed by atoms with Gasteiger partial charge in [-0.15, -0.1) is 0 Å². The number of carboxylic acids is 1. The molecule has 2 N–H and O–H groups in total. The summed E-state index contributed by atoms with van der Waals surface area (Å²) in [5, 5.41) is 8.71. The van der Waals surface area contributed by atoms with Crippen molar-refractivity contribution in [1.82, 2.24) is 4.98 Å². The summed E-state index contributed by atoms with van der Waals surface area (Å²) in [7, 11) is 0. The summed E-state index contributed by atoms with van der Waals surface area (Å²) < 4.78 is 12.9. The number of H-pyrrole nitrogens is 1. The van der Waals surface area contributed by atoms with Crippen molar-refractivity contribution in [2.75, 3.05) is 0 Å². The van der Waals surface area contributed by atoms with Crippen molar-refractivity contribution >= 4 is 28.5 Å². The number of fused-ring (bicyclic) bond motifs is 1. The molecule has 0 unspecified atom stereocenters. The van der Waals surface area contributed by atoms with Gasteiger partial charge in [0.25, 0.3) is 5.56 Å². The molecule has 0 amide bonds. The second-order valence-electron chi connectivity index (χ2n) is 3.14. The third-order valence-electron chi connectivity index (χ3n) is 2.13. The zero-order valence-electron chi connectivity index (χ0n) is 7.75. The van der Waals surface area contributed by atoms with Crippen molar-refractivity contribution in [1.29, 1.82) is 0 Å². The summed E-state index contributed by atoms with van der Waals surface area (Å²) in [6, 6.07) is 3.40. The molecule has 0 aliphatic heterocycles. The van der Waals surface area contributed by atoms with Crippen LogP contribution in [-0.4, -0.2) is 16.1 Å². The van der Waals surface area contributed by atoms with Crippen LogP contribution in [0.5, 0.6) is 0 Å². The zero-order chi connectivity index (χ0) is 11.9. The average molecular weight is 242 g/mol. The van der Waals surface area contributed by atoms with Gasteiger partial charge < -0.3 is 10.1 Å². The number of rotatable bonds is 1. The number of hydrogen-bond donors (Lipinski definition) is 2. The van der Waals surface area contributed by atoms with E-state index in [1.165, 1.54) is 6.07 Å². The first-order valence-electron chi connectivity index (χ1n) is 4.25. The topological polar surface area (TPSA) is 70.2 Å². The van der Waals surface area contributed by atoms with Crippen molar-refractivity contribution in [3.05, 3.63) is 45.0 Å². The minimum absolute atomic E-state index is 0.104. The molecule has 0 spiro atoms. The predicted octanol–water partition coefficient (Wildman–Crippen LogP) is 2.02. The van der Waals surface area contributed by atoms with E-state index in [0.29, 0.717) is 0 Å². The molecule has 0 saturated carbocycles. The second kappa shape index (κ2) is 3.61. The normalized spacial score (nSPS) is 10.6. The maximum Gasteiger partial charge on any atom is 0.338 e. The van der Waals surface area contributed by atoms with Crippen LogP contribution in [0.2, 0.25) is 5.02 Å². The summed E-state index contributed by atoms with van der Waals surface area (Å²) in [6.07, 6.45) is 0. The Morgan fingerprint density at radius 1 is 1.44 bits per heavy atom. The molecule has 1 heterocycles. The fraction of sp³-hybridized carbons (Fsp3) is 0. The molecule has 0 saturated heterocycles. The zero-order valence-corrected chi connectivity index (χ0v) is 8.51. The van der Waals surface area contributed by atoms with Gasteiger partial charge in [-0.05, 0) is 18.2 Å². The fourth-order valence-electron chi connectivity index (χ4n) is 1.46. The van der Waals surface area contributed by atoms with Crippen LogP contribution in [0.4, 0.5) is 4.39 Å². The Balaban J connectivity index is 3.00. The van der Waals surface area contributed by atoms with E-state index < -0.39 is 22.4 Å². The highest BCUT2D eigenvalue weighted by molar-refractivity contribution is 6.34. The largest absolute Gasteiger partial charge is 0.478 e. The molecular formula is C10H5ClFNO3. The van der Waals surface area contributed by atoms with E-state index in [-0.39, 0.29) is 16.5 Å². The Labute approximate surface area is 93.3 Å². The summed E-state index contributed by atoms with van der Waals surface area (Å²) in [5.41, 5.74) is -0.968. The third-order valence-corrected chi connectivity index (χ3v) is 2.49. The van der Waals surface area contributed by atoms with E-state index in [9.17, 15) is 14.0 Å². The Kier molecular flexibility index (Phi) is 2.40. The van der Waals surface area contributed by atoms with Gasteiger partial charge in [0, 0.05) is 5.39 Å². The highest BCUT2D eigenvalue weighted by Gasteiger charge is 2.17. The lowest BCUT2D eigenvalue weighted by molar-refractivity contribution is 0.0699. The van der Waals surface area contributed by atoms with Crippen LogP contribution in [-0.2, 0) is 0 Å². The molecular weight excluding hydrogens is 237 g/mol. The number of nitrogens with one attached hydrogen (secondary N) is 1. The monoisotopic (exact) mass is 241 g/mol. The highest BCUT2D eigenvalue weighted by Crippen LogP contribution is 2.22. The number of carbonyl (C=O) groups is 1. The van der Waals surface area contributed by atoms with Crippen molar-refractivity contribution in [2.24, 2.45) is 0 Å². The quantitative estimate of drug-likeness (QED) is 0.802. The minimum atomic E-state index is -1.33. The van der Waals surface area contributed by atoms with Crippen molar-refractivity contribution < 1.29 is 14.3 Å². The Bertz CT molecular complexity index is 650. The number of pyridine rings is 1. The Hall–Kier alpha value is -1.88. The number of halogens is 2. The Morgan fingerprint density at radius 2 is 2.12 bits per heavy atom. The van der Waals surface area contributed by atoms with E-state index in [1.54, 1.807) is 0 Å². The summed E-state index contributed by atoms with van der Waals surface area (Å²) >= 11 is 5.59. The van der Waals surface area contributed by atoms with Crippen molar-refractivity contribution in [3.63, 3.8) is 0 Å². The van der Waals surface area contributed by atoms with Crippen LogP contribution in [0.15, 0.2) is 23.0 Å². The van der Waals surface area contributed by atoms with Crippen LogP contribution in [0.25, 0.3) is 10.9 Å². The maximum absolute atomic E-state index is 12.9. The smallest absolute Gasteiger partial charge is 0.338 e. The minimum Gasteiger partial charge on any atom is -0.478 e. The van der Waals surface area contributed by atoms with Gasteiger partial charge >= 0.3 is 5.97 Å². The molecule has 16 heavy (non-hydrogen) atoms. The van der Waals surface area contributed by atoms with E-state index >= 15 is 0 Å². The average Bonchev–Trinajstić information content (AvgIpc) is 2.19. The lowest BCUT2D eigenvalue weighted by atomic mass is 10.1. The van der Waals surface area contributed by atoms with Crippen molar-refractivity contribution in [2.45, 2.75) is 0 Å². The molecule has 0 fully saturated rings. The van der Waals surface area contributed by atoms with Crippen LogP contribution < -0.4 is 5.56 Å². The van der Waals surface area contributed by atoms with Gasteiger partial charge in [-0.25, -0.2) is 9.18 Å². The number of carboxylic acid groups (broad SMARTS) is 1. The van der Waals surface area contributed by atoms with Crippen LogP contribution in [0.3, 0.4) is 0 Å². The number of benzene rings is 1. The first-order valence-corrected chi connectivity index (χ1v) is 4.63. The van der Waals surface area contributed by atoms with E-state index in [4.69, 9.17) is 16.7 Å². The van der Waals surface area contributed by atoms with E-state index in [1.807, 2.05) is 0 Å². The van der Waals surface area contributed by atoms with Gasteiger partial charge in [-0.2, -0.15) is 0 Å². The highest BCUT2D eigenvalue weighted by atomic mass is 35.5. The van der Waals surface area contributed by atoms with E-state index in [2.05, 4.69) is 4.98 Å². The van der Waals surface area contributed by atoms with Crippen LogP contribution in [0, 0.1) is 5.82 Å². The van der Waals surface area contributed by atoms with Gasteiger partial charge in [0.1, 0.15) is 10.8 Å². The van der Waals surface area contributed by atoms with Crippen molar-refractivity contribution in [3.8, 4) is 0 Å². The SMILES string of the molecule is O=C(O)c1c(Cl)c(=O)[nH]c2cc(F)ccc12. The van der Waals surface area contributed by atoms with Gasteiger partial charge in [0.2, 0.25) is 0 Å². The number of hydrogen-bond acceptors (Lipinski definition) is 2. The molecule has 6 heteroatoms. The maximum atomic E-state index is 12.9. The molecule has 0 bridgehead atoms. The van der Waals surface area contributed by atoms with Crippen LogP contribution >= 0.6 is 11.6 Å². The standard InChI is InChI=1S/C10H5ClFNO3/c11-8-7(10(15)16)5-2-1-4(12)3-6(5)13-9(8)14/h1-3H,(H,13,14)(H,15,16). The first-order chi connectivity index (χ1) is 7.50. The predicted molar refractivity (Wildman–Crippen MR) is 56.5 cm³/mol. The lowest BCUT2D eigenvalue weighted by Crippen LogP contribution is -2.13. The van der Waals surface area contributed by atoms with E-state index in [0.717, 1.165) is 12.1 Å². The number of aromatic nitrogens is 1. The second-order valence-corrected chi connectivity index (χ2v) is 3.52. The van der Waals surface area contributed by atoms with Gasteiger partial charge in [0.15, 0.2) is 0 Å². The molecule has 0 radical (unpaired) electrons. The van der Waals surface area contributed by atoms with Gasteiger partial charge in [-0.3, -0.25) is 4.79 Å².